The van der Waals surface area contributed by atoms with Crippen molar-refractivity contribution < 1.29 is 9.90 Å². The van der Waals surface area contributed by atoms with Crippen molar-refractivity contribution in [1.82, 2.24) is 20.5 Å². The lowest BCUT2D eigenvalue weighted by atomic mass is 9.99. The molecule has 0 fully saturated rings. The number of hydrogen-bond acceptors (Lipinski definition) is 6. The Morgan fingerprint density at radius 2 is 1.79 bits per heavy atom. The van der Waals surface area contributed by atoms with Gasteiger partial charge in [-0.3, -0.25) is 0 Å². The van der Waals surface area contributed by atoms with Crippen LogP contribution >= 0.6 is 0 Å². The fourth-order valence-corrected chi connectivity index (χ4v) is 5.13. The van der Waals surface area contributed by atoms with Crippen LogP contribution in [-0.4, -0.2) is 39.3 Å². The van der Waals surface area contributed by atoms with Gasteiger partial charge in [0.2, 0.25) is 0 Å². The van der Waals surface area contributed by atoms with E-state index < -0.39 is 6.09 Å². The molecule has 5 rings (SSSR count). The molecule has 202 valence electrons. The zero-order valence-corrected chi connectivity index (χ0v) is 22.7. The van der Waals surface area contributed by atoms with Crippen LogP contribution in [0.4, 0.5) is 10.5 Å². The van der Waals surface area contributed by atoms with Gasteiger partial charge in [0.25, 0.3) is 0 Å². The number of unbranched alkanes of at least 4 members (excludes halogenated alkanes) is 1. The molecule has 1 amide bonds. The minimum Gasteiger partial charge on any atom is -0.465 e. The minimum absolute atomic E-state index is 0.342. The predicted molar refractivity (Wildman–Crippen MR) is 154 cm³/mol. The molecular weight excluding hydrogens is 490 g/mol. The smallest absolute Gasteiger partial charge is 0.407 e. The number of carbonyl (C=O) groups is 1. The van der Waals surface area contributed by atoms with Crippen LogP contribution in [0, 0.1) is 13.8 Å². The summed E-state index contributed by atoms with van der Waals surface area (Å²) in [5.41, 5.74) is 11.4. The number of H-pyrrole nitrogens is 1. The molecule has 0 bridgehead atoms. The first-order valence-electron chi connectivity index (χ1n) is 13.4. The van der Waals surface area contributed by atoms with E-state index in [1.165, 1.54) is 16.0 Å². The van der Waals surface area contributed by atoms with E-state index >= 15 is 0 Å². The third-order valence-electron chi connectivity index (χ3n) is 6.99. The molecule has 1 aliphatic rings. The summed E-state index contributed by atoms with van der Waals surface area (Å²) >= 11 is 0. The quantitative estimate of drug-likeness (QED) is 0.211. The molecule has 0 unspecified atom stereocenters. The molecule has 2 heterocycles. The average molecular weight is 526 g/mol. The largest absolute Gasteiger partial charge is 0.465 e. The third kappa shape index (κ3) is 5.88. The molecular formula is C30H35N7O2. The molecule has 1 aliphatic heterocycles. The number of aryl methyl sites for hydroxylation is 2. The zero-order chi connectivity index (χ0) is 27.4. The van der Waals surface area contributed by atoms with Gasteiger partial charge in [-0.15, -0.1) is 0 Å². The number of hydrogen-bond donors (Lipinski definition) is 3. The Hall–Kier alpha value is -4.37. The molecule has 0 atom stereocenters. The maximum Gasteiger partial charge on any atom is 0.407 e. The van der Waals surface area contributed by atoms with E-state index in [0.29, 0.717) is 19.5 Å². The SMILES string of the molecule is CCCCN1NN=NN1c1ccc2[nH]c(-c3cc(C)cc(C)c3)c(CCN(Cc3ccccc3)C(=O)O)c2c1. The highest BCUT2D eigenvalue weighted by atomic mass is 16.4. The highest BCUT2D eigenvalue weighted by Gasteiger charge is 2.23. The Balaban J connectivity index is 1.53. The minimum atomic E-state index is -0.928. The number of hydrazine groups is 2. The Morgan fingerprint density at radius 3 is 2.51 bits per heavy atom. The first-order valence-corrected chi connectivity index (χ1v) is 13.4. The molecule has 1 aromatic heterocycles. The number of nitrogens with zero attached hydrogens (tertiary/aromatic N) is 5. The standard InChI is InChI=1S/C30H35N7O2/c1-4-5-14-36-33-32-34-37(36)25-11-12-28-27(19-25)26(29(31-28)24-17-21(2)16-22(3)18-24)13-15-35(30(38)39)20-23-9-7-6-8-10-23/h6-12,16-19,31H,4-5,13-15,20H2,1-3H3,(H,33,34)(H,38,39). The van der Waals surface area contributed by atoms with Crippen molar-refractivity contribution in [3.63, 3.8) is 0 Å². The first-order chi connectivity index (χ1) is 18.9. The normalized spacial score (nSPS) is 13.3. The fraction of sp³-hybridized carbons (Fsp3) is 0.300. The molecule has 9 heteroatoms. The first kappa shape index (κ1) is 26.2. The zero-order valence-electron chi connectivity index (χ0n) is 22.7. The topological polar surface area (TPSA) is 99.6 Å². The lowest BCUT2D eigenvalue weighted by molar-refractivity contribution is 0.143. The van der Waals surface area contributed by atoms with Gasteiger partial charge in [-0.25, -0.2) is 4.79 Å². The maximum atomic E-state index is 12.2. The third-order valence-corrected chi connectivity index (χ3v) is 6.99. The number of aromatic amines is 1. The van der Waals surface area contributed by atoms with Gasteiger partial charge >= 0.3 is 6.09 Å². The summed E-state index contributed by atoms with van der Waals surface area (Å²) in [6.45, 7) is 7.84. The molecule has 0 saturated heterocycles. The second kappa shape index (κ2) is 11.6. The number of aromatic nitrogens is 1. The lowest BCUT2D eigenvalue weighted by Gasteiger charge is -2.24. The molecule has 4 aromatic rings. The van der Waals surface area contributed by atoms with Crippen molar-refractivity contribution in [3.05, 3.63) is 89.0 Å². The number of nitrogens with one attached hydrogen (secondary N) is 2. The van der Waals surface area contributed by atoms with E-state index in [2.05, 4.69) is 72.1 Å². The van der Waals surface area contributed by atoms with Crippen LogP contribution in [0.15, 0.2) is 77.2 Å². The highest BCUT2D eigenvalue weighted by molar-refractivity contribution is 5.93. The monoisotopic (exact) mass is 525 g/mol. The van der Waals surface area contributed by atoms with Crippen molar-refractivity contribution in [3.8, 4) is 11.3 Å². The fourth-order valence-electron chi connectivity index (χ4n) is 5.13. The Morgan fingerprint density at radius 1 is 1.03 bits per heavy atom. The summed E-state index contributed by atoms with van der Waals surface area (Å²) in [7, 11) is 0. The van der Waals surface area contributed by atoms with Crippen LogP contribution in [0.1, 0.15) is 42.0 Å². The number of amides is 1. The molecule has 0 aliphatic carbocycles. The van der Waals surface area contributed by atoms with Crippen LogP contribution in [0.2, 0.25) is 0 Å². The Labute approximate surface area is 228 Å². The number of benzene rings is 3. The summed E-state index contributed by atoms with van der Waals surface area (Å²) in [5.74, 6) is 0. The van der Waals surface area contributed by atoms with Gasteiger partial charge in [0, 0.05) is 36.2 Å². The molecule has 39 heavy (non-hydrogen) atoms. The van der Waals surface area contributed by atoms with E-state index in [-0.39, 0.29) is 0 Å². The maximum absolute atomic E-state index is 12.2. The molecule has 9 nitrogen and oxygen atoms in total. The van der Waals surface area contributed by atoms with Crippen LogP contribution in [0.25, 0.3) is 22.2 Å². The average Bonchev–Trinajstić information content (AvgIpc) is 3.54. The van der Waals surface area contributed by atoms with Crippen molar-refractivity contribution in [1.29, 1.82) is 0 Å². The molecule has 3 N–H and O–H groups in total. The van der Waals surface area contributed by atoms with E-state index in [4.69, 9.17) is 0 Å². The predicted octanol–water partition coefficient (Wildman–Crippen LogP) is 6.80. The van der Waals surface area contributed by atoms with Crippen molar-refractivity contribution in [2.24, 2.45) is 10.4 Å². The molecule has 3 aromatic carbocycles. The van der Waals surface area contributed by atoms with E-state index in [1.807, 2.05) is 41.5 Å². The Kier molecular flexibility index (Phi) is 7.79. The van der Waals surface area contributed by atoms with Gasteiger partial charge in [0.1, 0.15) is 0 Å². The summed E-state index contributed by atoms with van der Waals surface area (Å²) < 4.78 is 0. The number of rotatable bonds is 10. The number of anilines is 1. The van der Waals surface area contributed by atoms with Gasteiger partial charge in [0.05, 0.1) is 5.69 Å². The van der Waals surface area contributed by atoms with E-state index in [9.17, 15) is 9.90 Å². The molecule has 0 saturated carbocycles. The Bertz CT molecular complexity index is 1460. The van der Waals surface area contributed by atoms with Gasteiger partial charge in [-0.05, 0) is 84.2 Å². The van der Waals surface area contributed by atoms with Crippen molar-refractivity contribution in [2.75, 3.05) is 18.2 Å². The van der Waals surface area contributed by atoms with Crippen LogP contribution in [-0.2, 0) is 13.0 Å². The van der Waals surface area contributed by atoms with Gasteiger partial charge in [-0.1, -0.05) is 66.0 Å². The number of carboxylic acid groups (broad SMARTS) is 1. The van der Waals surface area contributed by atoms with E-state index in [1.54, 1.807) is 5.12 Å². The number of fused-ring (bicyclic) bond motifs is 1. The molecule has 0 spiro atoms. The lowest BCUT2D eigenvalue weighted by Crippen LogP contribution is -2.42. The summed E-state index contributed by atoms with van der Waals surface area (Å²) in [4.78, 5) is 17.3. The van der Waals surface area contributed by atoms with Crippen LogP contribution in [0.3, 0.4) is 0 Å². The summed E-state index contributed by atoms with van der Waals surface area (Å²) in [5, 5.41) is 23.0. The van der Waals surface area contributed by atoms with Gasteiger partial charge in [0.15, 0.2) is 0 Å². The summed E-state index contributed by atoms with van der Waals surface area (Å²) in [6.07, 6.45) is 1.71. The molecule has 0 radical (unpaired) electrons. The van der Waals surface area contributed by atoms with E-state index in [0.717, 1.165) is 58.4 Å². The van der Waals surface area contributed by atoms with Crippen LogP contribution < -0.4 is 10.7 Å². The second-order valence-corrected chi connectivity index (χ2v) is 10.1. The van der Waals surface area contributed by atoms with Crippen molar-refractivity contribution in [2.45, 2.75) is 46.6 Å². The van der Waals surface area contributed by atoms with Crippen molar-refractivity contribution >= 4 is 22.7 Å². The highest BCUT2D eigenvalue weighted by Crippen LogP contribution is 2.35. The van der Waals surface area contributed by atoms with Gasteiger partial charge in [-0.2, -0.15) is 10.7 Å². The second-order valence-electron chi connectivity index (χ2n) is 10.1. The summed E-state index contributed by atoms with van der Waals surface area (Å²) in [6, 6.07) is 22.4. The van der Waals surface area contributed by atoms with Crippen LogP contribution in [0.5, 0.6) is 0 Å². The van der Waals surface area contributed by atoms with Gasteiger partial charge < -0.3 is 15.0 Å².